The first kappa shape index (κ1) is 15.0. The summed E-state index contributed by atoms with van der Waals surface area (Å²) in [5.74, 6) is 0.887. The zero-order chi connectivity index (χ0) is 16.5. The van der Waals surface area contributed by atoms with Crippen molar-refractivity contribution in [3.63, 3.8) is 0 Å². The van der Waals surface area contributed by atoms with Crippen molar-refractivity contribution in [2.75, 3.05) is 12.4 Å². The lowest BCUT2D eigenvalue weighted by Crippen LogP contribution is -2.36. The molecule has 3 aromatic rings. The molecule has 1 saturated carbocycles. The molecule has 124 valence electrons. The number of fused-ring (bicyclic) bond motifs is 1. The van der Waals surface area contributed by atoms with Gasteiger partial charge in [0.2, 0.25) is 5.88 Å². The van der Waals surface area contributed by atoms with Gasteiger partial charge >= 0.3 is 0 Å². The molecule has 0 radical (unpaired) electrons. The number of methoxy groups -OCH3 is 1. The Morgan fingerprint density at radius 3 is 2.75 bits per heavy atom. The Labute approximate surface area is 139 Å². The molecule has 0 aliphatic heterocycles. The van der Waals surface area contributed by atoms with Crippen LogP contribution in [-0.2, 0) is 0 Å². The minimum atomic E-state index is -0.228. The Kier molecular flexibility index (Phi) is 3.82. The zero-order valence-electron chi connectivity index (χ0n) is 13.3. The summed E-state index contributed by atoms with van der Waals surface area (Å²) in [4.78, 5) is 8.77. The number of aromatic nitrogens is 2. The Bertz CT molecular complexity index is 792. The fourth-order valence-electron chi connectivity index (χ4n) is 3.14. The van der Waals surface area contributed by atoms with E-state index in [0.717, 1.165) is 29.5 Å². The molecule has 2 N–H and O–H groups in total. The lowest BCUT2D eigenvalue weighted by atomic mass is 9.75. The van der Waals surface area contributed by atoms with Crippen molar-refractivity contribution in [1.29, 1.82) is 0 Å². The highest BCUT2D eigenvalue weighted by atomic mass is 16.5. The van der Waals surface area contributed by atoms with E-state index in [0.29, 0.717) is 17.8 Å². The van der Waals surface area contributed by atoms with E-state index in [9.17, 15) is 5.11 Å². The number of benzene rings is 1. The third kappa shape index (κ3) is 2.80. The average Bonchev–Trinajstić information content (AvgIpc) is 3.00. The fraction of sp³-hybridized carbons (Fsp3) is 0.333. The van der Waals surface area contributed by atoms with Gasteiger partial charge in [-0.1, -0.05) is 18.2 Å². The van der Waals surface area contributed by atoms with E-state index >= 15 is 0 Å². The maximum atomic E-state index is 9.67. The molecule has 0 amide bonds. The van der Waals surface area contributed by atoms with Crippen LogP contribution in [0.5, 0.6) is 5.88 Å². The van der Waals surface area contributed by atoms with Crippen LogP contribution in [0.3, 0.4) is 0 Å². The predicted octanol–water partition coefficient (Wildman–Crippen LogP) is 3.16. The van der Waals surface area contributed by atoms with Gasteiger partial charge in [0.25, 0.3) is 6.01 Å². The SMILES string of the molecule is COc1ccc([C@@H](Nc2nc3ccccc3o2)C2CC(O)C2)cn1. The molecule has 0 spiro atoms. The monoisotopic (exact) mass is 325 g/mol. The van der Waals surface area contributed by atoms with Crippen LogP contribution in [0.25, 0.3) is 11.1 Å². The van der Waals surface area contributed by atoms with E-state index in [1.165, 1.54) is 0 Å². The number of nitrogens with zero attached hydrogens (tertiary/aromatic N) is 2. The van der Waals surface area contributed by atoms with E-state index in [2.05, 4.69) is 15.3 Å². The third-order valence-electron chi connectivity index (χ3n) is 4.52. The number of ether oxygens (including phenoxy) is 1. The van der Waals surface area contributed by atoms with Gasteiger partial charge in [-0.25, -0.2) is 4.98 Å². The van der Waals surface area contributed by atoms with Crippen LogP contribution in [0, 0.1) is 5.92 Å². The molecular formula is C18H19N3O3. The number of hydrogen-bond donors (Lipinski definition) is 2. The number of aliphatic hydroxyl groups is 1. The van der Waals surface area contributed by atoms with E-state index in [4.69, 9.17) is 9.15 Å². The highest BCUT2D eigenvalue weighted by molar-refractivity contribution is 5.74. The number of anilines is 1. The number of pyridine rings is 1. The quantitative estimate of drug-likeness (QED) is 0.750. The molecule has 6 heteroatoms. The van der Waals surface area contributed by atoms with Gasteiger partial charge in [-0.15, -0.1) is 0 Å². The predicted molar refractivity (Wildman–Crippen MR) is 89.9 cm³/mol. The van der Waals surface area contributed by atoms with Crippen LogP contribution in [0.15, 0.2) is 47.0 Å². The van der Waals surface area contributed by atoms with E-state index < -0.39 is 0 Å². The second-order valence-electron chi connectivity index (χ2n) is 6.13. The number of para-hydroxylation sites is 2. The number of rotatable bonds is 5. The summed E-state index contributed by atoms with van der Waals surface area (Å²) in [5, 5.41) is 13.0. The third-order valence-corrected chi connectivity index (χ3v) is 4.52. The second kappa shape index (κ2) is 6.13. The van der Waals surface area contributed by atoms with Gasteiger partial charge in [-0.2, -0.15) is 4.98 Å². The molecule has 24 heavy (non-hydrogen) atoms. The maximum absolute atomic E-state index is 9.67. The van der Waals surface area contributed by atoms with Crippen LogP contribution < -0.4 is 10.1 Å². The summed E-state index contributed by atoms with van der Waals surface area (Å²) in [5.41, 5.74) is 2.59. The molecule has 2 aromatic heterocycles. The molecule has 4 rings (SSSR count). The summed E-state index contributed by atoms with van der Waals surface area (Å²) >= 11 is 0. The largest absolute Gasteiger partial charge is 0.481 e. The van der Waals surface area contributed by atoms with Gasteiger partial charge in [-0.3, -0.25) is 0 Å². The number of hydrogen-bond acceptors (Lipinski definition) is 6. The van der Waals surface area contributed by atoms with Crippen molar-refractivity contribution in [3.8, 4) is 5.88 Å². The summed E-state index contributed by atoms with van der Waals surface area (Å²) in [7, 11) is 1.60. The first-order chi connectivity index (χ1) is 11.7. The van der Waals surface area contributed by atoms with Crippen molar-refractivity contribution in [3.05, 3.63) is 48.2 Å². The highest BCUT2D eigenvalue weighted by Crippen LogP contribution is 2.40. The Morgan fingerprint density at radius 1 is 1.25 bits per heavy atom. The molecule has 0 bridgehead atoms. The molecular weight excluding hydrogens is 306 g/mol. The van der Waals surface area contributed by atoms with Crippen LogP contribution in [0.4, 0.5) is 6.01 Å². The molecule has 1 aromatic carbocycles. The van der Waals surface area contributed by atoms with Gasteiger partial charge < -0.3 is 19.6 Å². The second-order valence-corrected chi connectivity index (χ2v) is 6.13. The molecule has 0 saturated heterocycles. The van der Waals surface area contributed by atoms with Gasteiger partial charge in [0.05, 0.1) is 19.3 Å². The minimum Gasteiger partial charge on any atom is -0.481 e. The smallest absolute Gasteiger partial charge is 0.296 e. The van der Waals surface area contributed by atoms with Crippen molar-refractivity contribution in [1.82, 2.24) is 9.97 Å². The van der Waals surface area contributed by atoms with Crippen LogP contribution >= 0.6 is 0 Å². The summed E-state index contributed by atoms with van der Waals surface area (Å²) < 4.78 is 10.9. The van der Waals surface area contributed by atoms with Crippen molar-refractivity contribution >= 4 is 17.1 Å². The summed E-state index contributed by atoms with van der Waals surface area (Å²) in [6.45, 7) is 0. The topological polar surface area (TPSA) is 80.4 Å². The van der Waals surface area contributed by atoms with Crippen molar-refractivity contribution in [2.24, 2.45) is 5.92 Å². The van der Waals surface area contributed by atoms with Crippen molar-refractivity contribution in [2.45, 2.75) is 25.0 Å². The molecule has 1 fully saturated rings. The summed E-state index contributed by atoms with van der Waals surface area (Å²) in [6, 6.07) is 12.0. The van der Waals surface area contributed by atoms with Gasteiger partial charge in [0.15, 0.2) is 5.58 Å². The van der Waals surface area contributed by atoms with Crippen LogP contribution in [0.1, 0.15) is 24.4 Å². The average molecular weight is 325 g/mol. The van der Waals surface area contributed by atoms with Crippen molar-refractivity contribution < 1.29 is 14.3 Å². The first-order valence-electron chi connectivity index (χ1n) is 8.03. The lowest BCUT2D eigenvalue weighted by Gasteiger charge is -2.37. The number of nitrogens with one attached hydrogen (secondary N) is 1. The zero-order valence-corrected chi connectivity index (χ0v) is 13.3. The molecule has 0 unspecified atom stereocenters. The summed E-state index contributed by atoms with van der Waals surface area (Å²) in [6.07, 6.45) is 3.08. The molecule has 1 atom stereocenters. The van der Waals surface area contributed by atoms with Crippen LogP contribution in [0.2, 0.25) is 0 Å². The molecule has 6 nitrogen and oxygen atoms in total. The maximum Gasteiger partial charge on any atom is 0.296 e. The number of oxazole rings is 1. The van der Waals surface area contributed by atoms with E-state index in [1.54, 1.807) is 13.3 Å². The Morgan fingerprint density at radius 2 is 2.08 bits per heavy atom. The van der Waals surface area contributed by atoms with Crippen LogP contribution in [-0.4, -0.2) is 28.3 Å². The minimum absolute atomic E-state index is 0.0140. The Hall–Kier alpha value is -2.60. The normalized spacial score (nSPS) is 21.2. The van der Waals surface area contributed by atoms with Gasteiger partial charge in [0, 0.05) is 12.3 Å². The van der Waals surface area contributed by atoms with E-state index in [1.807, 2.05) is 36.4 Å². The Balaban J connectivity index is 1.61. The molecule has 1 aliphatic rings. The standard InChI is InChI=1S/C18H19N3O3/c1-23-16-7-6-11(10-19-16)17(12-8-13(22)9-12)21-18-20-14-4-2-3-5-15(14)24-18/h2-7,10,12-13,17,22H,8-9H2,1H3,(H,20,21)/t12?,13?,17-/m1/s1. The number of aliphatic hydroxyl groups excluding tert-OH is 1. The first-order valence-corrected chi connectivity index (χ1v) is 8.03. The molecule has 2 heterocycles. The fourth-order valence-corrected chi connectivity index (χ4v) is 3.14. The molecule has 1 aliphatic carbocycles. The van der Waals surface area contributed by atoms with Gasteiger partial charge in [0.1, 0.15) is 5.52 Å². The van der Waals surface area contributed by atoms with E-state index in [-0.39, 0.29) is 12.1 Å². The van der Waals surface area contributed by atoms with Gasteiger partial charge in [-0.05, 0) is 36.5 Å². The highest BCUT2D eigenvalue weighted by Gasteiger charge is 2.35. The lowest BCUT2D eigenvalue weighted by molar-refractivity contribution is 0.0336.